The summed E-state index contributed by atoms with van der Waals surface area (Å²) < 4.78 is 43.8. The summed E-state index contributed by atoms with van der Waals surface area (Å²) in [5.41, 5.74) is 8.43. The highest BCUT2D eigenvalue weighted by molar-refractivity contribution is 7.93. The molecule has 2 aromatic rings. The van der Waals surface area contributed by atoms with Crippen molar-refractivity contribution >= 4 is 56.8 Å². The van der Waals surface area contributed by atoms with Crippen LogP contribution in [0.5, 0.6) is 5.75 Å². The number of likely N-dealkylation sites (tertiary alicyclic amines) is 1. The summed E-state index contributed by atoms with van der Waals surface area (Å²) in [4.78, 5) is 26.4. The Hall–Kier alpha value is -3.48. The van der Waals surface area contributed by atoms with Crippen LogP contribution in [0, 0.1) is 6.92 Å². The standard InChI is InChI=1S/C29H39ClN4O7S/c1-5-39-27(35)19-42(37,38)34(22-10-12-26(24(30)18-22)41-23-13-16-33(4)17-14-23)15-7-8-21-9-11-25(31)28(20(21)3)32-29(36)40-6-2/h7-12,18,23H,5-6,13-17,19,31H2,1-4H3,(H,32,36). The van der Waals surface area contributed by atoms with Gasteiger partial charge in [0.1, 0.15) is 11.9 Å². The molecule has 1 fully saturated rings. The third-order valence-corrected chi connectivity index (χ3v) is 8.64. The molecule has 1 aliphatic rings. The molecule has 0 spiro atoms. The molecule has 0 bridgehead atoms. The van der Waals surface area contributed by atoms with Gasteiger partial charge in [-0.1, -0.05) is 29.8 Å². The number of nitrogens with one attached hydrogen (secondary N) is 1. The number of nitrogens with two attached hydrogens (primary N) is 1. The van der Waals surface area contributed by atoms with Gasteiger partial charge in [-0.15, -0.1) is 0 Å². The van der Waals surface area contributed by atoms with Crippen LogP contribution in [-0.2, 0) is 24.3 Å². The van der Waals surface area contributed by atoms with Gasteiger partial charge in [-0.3, -0.25) is 14.4 Å². The van der Waals surface area contributed by atoms with Gasteiger partial charge >= 0.3 is 12.1 Å². The van der Waals surface area contributed by atoms with Crippen LogP contribution in [0.3, 0.4) is 0 Å². The minimum atomic E-state index is -4.15. The van der Waals surface area contributed by atoms with Crippen molar-refractivity contribution in [3.8, 4) is 5.75 Å². The van der Waals surface area contributed by atoms with Gasteiger partial charge in [0.25, 0.3) is 0 Å². The molecule has 0 atom stereocenters. The monoisotopic (exact) mass is 622 g/mol. The first-order chi connectivity index (χ1) is 19.9. The summed E-state index contributed by atoms with van der Waals surface area (Å²) in [6, 6.07) is 8.14. The number of piperidine rings is 1. The summed E-state index contributed by atoms with van der Waals surface area (Å²) in [5, 5.41) is 2.90. The van der Waals surface area contributed by atoms with Crippen LogP contribution >= 0.6 is 11.6 Å². The van der Waals surface area contributed by atoms with E-state index in [1.54, 1.807) is 57.2 Å². The summed E-state index contributed by atoms with van der Waals surface area (Å²) in [7, 11) is -2.09. The van der Waals surface area contributed by atoms with E-state index in [2.05, 4.69) is 17.3 Å². The fourth-order valence-corrected chi connectivity index (χ4v) is 5.98. The quantitative estimate of drug-likeness (QED) is 0.255. The minimum absolute atomic E-state index is 0.0162. The number of benzene rings is 2. The Morgan fingerprint density at radius 2 is 1.83 bits per heavy atom. The maximum atomic E-state index is 13.4. The van der Waals surface area contributed by atoms with Gasteiger partial charge < -0.3 is 24.8 Å². The zero-order valence-electron chi connectivity index (χ0n) is 24.4. The van der Waals surface area contributed by atoms with Crippen LogP contribution < -0.4 is 20.1 Å². The number of sulfonamides is 1. The topological polar surface area (TPSA) is 140 Å². The van der Waals surface area contributed by atoms with Gasteiger partial charge in [0, 0.05) is 13.1 Å². The molecule has 3 N–H and O–H groups in total. The summed E-state index contributed by atoms with van der Waals surface area (Å²) in [5.74, 6) is -1.23. The fraction of sp³-hybridized carbons (Fsp3) is 0.448. The predicted octanol–water partition coefficient (Wildman–Crippen LogP) is 4.68. The third kappa shape index (κ3) is 9.01. The molecule has 0 unspecified atom stereocenters. The van der Waals surface area contributed by atoms with E-state index in [1.807, 2.05) is 0 Å². The predicted molar refractivity (Wildman–Crippen MR) is 166 cm³/mol. The van der Waals surface area contributed by atoms with Crippen LogP contribution in [0.25, 0.3) is 6.08 Å². The molecule has 2 aromatic carbocycles. The molecule has 1 aliphatic heterocycles. The number of carbonyl (C=O) groups is 2. The Kier molecular flexibility index (Phi) is 11.9. The van der Waals surface area contributed by atoms with Crippen molar-refractivity contribution in [1.82, 2.24) is 4.90 Å². The summed E-state index contributed by atoms with van der Waals surface area (Å²) in [6.07, 6.45) is 4.44. The van der Waals surface area contributed by atoms with E-state index < -0.39 is 27.8 Å². The lowest BCUT2D eigenvalue weighted by Gasteiger charge is -2.30. The highest BCUT2D eigenvalue weighted by atomic mass is 35.5. The number of rotatable bonds is 12. The molecule has 0 aliphatic carbocycles. The van der Waals surface area contributed by atoms with Crippen molar-refractivity contribution in [2.45, 2.75) is 39.7 Å². The second-order valence-corrected chi connectivity index (χ2v) is 12.1. The van der Waals surface area contributed by atoms with E-state index in [-0.39, 0.29) is 36.6 Å². The average Bonchev–Trinajstić information content (AvgIpc) is 2.92. The van der Waals surface area contributed by atoms with Crippen molar-refractivity contribution < 1.29 is 32.2 Å². The Labute approximate surface area is 252 Å². The smallest absolute Gasteiger partial charge is 0.411 e. The van der Waals surface area contributed by atoms with Gasteiger partial charge in [0.2, 0.25) is 10.0 Å². The van der Waals surface area contributed by atoms with Crippen molar-refractivity contribution in [3.63, 3.8) is 0 Å². The first-order valence-corrected chi connectivity index (χ1v) is 15.7. The van der Waals surface area contributed by atoms with Crippen molar-refractivity contribution in [2.75, 3.05) is 61.0 Å². The number of anilines is 3. The molecular weight excluding hydrogens is 584 g/mol. The molecule has 42 heavy (non-hydrogen) atoms. The molecule has 0 aromatic heterocycles. The van der Waals surface area contributed by atoms with Gasteiger partial charge in [0.15, 0.2) is 5.75 Å². The maximum Gasteiger partial charge on any atom is 0.411 e. The first-order valence-electron chi connectivity index (χ1n) is 13.7. The van der Waals surface area contributed by atoms with E-state index in [0.29, 0.717) is 28.3 Å². The van der Waals surface area contributed by atoms with Crippen LogP contribution in [0.2, 0.25) is 5.02 Å². The van der Waals surface area contributed by atoms with E-state index in [9.17, 15) is 18.0 Å². The lowest BCUT2D eigenvalue weighted by Crippen LogP contribution is -2.36. The molecular formula is C29H39ClN4O7S. The molecule has 1 saturated heterocycles. The Bertz CT molecular complexity index is 1390. The molecule has 1 amide bonds. The minimum Gasteiger partial charge on any atom is -0.489 e. The van der Waals surface area contributed by atoms with Gasteiger partial charge in [-0.05, 0) is 76.1 Å². The van der Waals surface area contributed by atoms with Crippen LogP contribution in [0.15, 0.2) is 36.4 Å². The van der Waals surface area contributed by atoms with Crippen LogP contribution in [0.1, 0.15) is 37.8 Å². The van der Waals surface area contributed by atoms with E-state index in [0.717, 1.165) is 30.2 Å². The number of carbonyl (C=O) groups excluding carboxylic acids is 2. The summed E-state index contributed by atoms with van der Waals surface area (Å²) >= 11 is 6.55. The van der Waals surface area contributed by atoms with Crippen molar-refractivity contribution in [2.24, 2.45) is 0 Å². The molecule has 11 nitrogen and oxygen atoms in total. The first kappa shape index (κ1) is 33.0. The second-order valence-electron chi connectivity index (χ2n) is 9.82. The lowest BCUT2D eigenvalue weighted by atomic mass is 10.0. The number of amides is 1. The number of halogens is 1. The van der Waals surface area contributed by atoms with Gasteiger partial charge in [-0.25, -0.2) is 13.2 Å². The lowest BCUT2D eigenvalue weighted by molar-refractivity contribution is -0.139. The van der Waals surface area contributed by atoms with E-state index >= 15 is 0 Å². The summed E-state index contributed by atoms with van der Waals surface area (Å²) in [6.45, 7) is 7.06. The number of hydrogen-bond donors (Lipinski definition) is 2. The van der Waals surface area contributed by atoms with Gasteiger partial charge in [0.05, 0.1) is 41.8 Å². The average molecular weight is 623 g/mol. The molecule has 230 valence electrons. The van der Waals surface area contributed by atoms with Crippen LogP contribution in [0.4, 0.5) is 21.9 Å². The Morgan fingerprint density at radius 1 is 1.14 bits per heavy atom. The van der Waals surface area contributed by atoms with E-state index in [1.165, 1.54) is 6.07 Å². The molecule has 0 radical (unpaired) electrons. The highest BCUT2D eigenvalue weighted by Gasteiger charge is 2.27. The number of hydrogen-bond acceptors (Lipinski definition) is 9. The number of nitrogen functional groups attached to an aromatic ring is 1. The number of ether oxygens (including phenoxy) is 3. The third-order valence-electron chi connectivity index (χ3n) is 6.71. The largest absolute Gasteiger partial charge is 0.489 e. The highest BCUT2D eigenvalue weighted by Crippen LogP contribution is 2.33. The van der Waals surface area contributed by atoms with Crippen LogP contribution in [-0.4, -0.2) is 77.1 Å². The van der Waals surface area contributed by atoms with Gasteiger partial charge in [-0.2, -0.15) is 0 Å². The number of nitrogens with zero attached hydrogens (tertiary/aromatic N) is 2. The molecule has 13 heteroatoms. The normalized spacial score (nSPS) is 14.5. The van der Waals surface area contributed by atoms with Crippen molar-refractivity contribution in [1.29, 1.82) is 0 Å². The Balaban J connectivity index is 1.87. The van der Waals surface area contributed by atoms with Crippen molar-refractivity contribution in [3.05, 3.63) is 52.6 Å². The zero-order valence-corrected chi connectivity index (χ0v) is 26.0. The molecule has 1 heterocycles. The Morgan fingerprint density at radius 3 is 2.48 bits per heavy atom. The second kappa shape index (κ2) is 15.1. The van der Waals surface area contributed by atoms with E-state index in [4.69, 9.17) is 31.5 Å². The molecule has 0 saturated carbocycles. The molecule has 3 rings (SSSR count). The zero-order chi connectivity index (χ0) is 30.9. The number of esters is 1. The maximum absolute atomic E-state index is 13.4. The fourth-order valence-electron chi connectivity index (χ4n) is 4.47. The SMILES string of the molecule is CCOC(=O)CS(=O)(=O)N(CC=Cc1ccc(N)c(NC(=O)OCC)c1C)c1ccc(OC2CCN(C)CC2)c(Cl)c1.